The summed E-state index contributed by atoms with van der Waals surface area (Å²) >= 11 is 0. The van der Waals surface area contributed by atoms with Crippen LogP contribution in [0.5, 0.6) is 0 Å². The lowest BCUT2D eigenvalue weighted by atomic mass is 9.52. The predicted molar refractivity (Wildman–Crippen MR) is 100 cm³/mol. The van der Waals surface area contributed by atoms with Crippen molar-refractivity contribution in [1.29, 1.82) is 0 Å². The number of rotatable bonds is 10. The van der Waals surface area contributed by atoms with Gasteiger partial charge in [-0.2, -0.15) is 0 Å². The van der Waals surface area contributed by atoms with Crippen LogP contribution in [0, 0.1) is 17.3 Å². The van der Waals surface area contributed by atoms with Gasteiger partial charge in [-0.3, -0.25) is 4.79 Å². The molecule has 0 spiro atoms. The maximum absolute atomic E-state index is 11.5. The molecule has 0 saturated heterocycles. The zero-order chi connectivity index (χ0) is 17.5. The Morgan fingerprint density at radius 2 is 2.00 bits per heavy atom. The van der Waals surface area contributed by atoms with E-state index in [0.717, 1.165) is 38.1 Å². The first-order valence-electron chi connectivity index (χ1n) is 9.04. The third-order valence-corrected chi connectivity index (χ3v) is 5.09. The molecule has 0 aromatic rings. The van der Waals surface area contributed by atoms with Gasteiger partial charge >= 0.3 is 0 Å². The molecule has 1 rings (SSSR count). The van der Waals surface area contributed by atoms with Crippen molar-refractivity contribution in [3.8, 4) is 0 Å². The molecule has 1 amide bonds. The van der Waals surface area contributed by atoms with Crippen LogP contribution < -0.4 is 5.32 Å². The first-order valence-corrected chi connectivity index (χ1v) is 9.04. The van der Waals surface area contributed by atoms with E-state index in [1.165, 1.54) is 24.0 Å². The summed E-state index contributed by atoms with van der Waals surface area (Å²) in [4.78, 5) is 11.5. The zero-order valence-corrected chi connectivity index (χ0v) is 15.6. The van der Waals surface area contributed by atoms with Gasteiger partial charge in [0.25, 0.3) is 0 Å². The standard InChI is InChI=1S/C21H35NO/c1-7-14-22-20(23)11-9-8-10-17(4)18-15-21(5,6)19(18)13-12-16(2)3/h9,11,18-19H,2,4,7-8,10,12-15H2,1,3,5-6H3,(H,22,23)/b11-9+/t18-,19+/m0/s1. The molecule has 1 N–H and O–H groups in total. The number of carbonyl (C=O) groups excluding carboxylic acids is 1. The molecule has 130 valence electrons. The molecule has 1 aliphatic rings. The smallest absolute Gasteiger partial charge is 0.243 e. The Morgan fingerprint density at radius 1 is 1.30 bits per heavy atom. The van der Waals surface area contributed by atoms with Crippen molar-refractivity contribution in [3.63, 3.8) is 0 Å². The lowest BCUT2D eigenvalue weighted by molar-refractivity contribution is -0.116. The maximum atomic E-state index is 11.5. The van der Waals surface area contributed by atoms with Gasteiger partial charge in [0.05, 0.1) is 0 Å². The molecular formula is C21H35NO. The first kappa shape index (κ1) is 19.7. The second-order valence-electron chi connectivity index (χ2n) is 7.79. The predicted octanol–water partition coefficient (Wildman–Crippen LogP) is 5.42. The largest absolute Gasteiger partial charge is 0.353 e. The van der Waals surface area contributed by atoms with E-state index in [1.54, 1.807) is 6.08 Å². The van der Waals surface area contributed by atoms with Gasteiger partial charge in [0, 0.05) is 6.54 Å². The highest BCUT2D eigenvalue weighted by Crippen LogP contribution is 2.56. The van der Waals surface area contributed by atoms with Crippen molar-refractivity contribution in [1.82, 2.24) is 5.32 Å². The molecule has 0 aromatic heterocycles. The molecule has 2 atom stereocenters. The highest BCUT2D eigenvalue weighted by atomic mass is 16.1. The van der Waals surface area contributed by atoms with Gasteiger partial charge < -0.3 is 5.32 Å². The third-order valence-electron chi connectivity index (χ3n) is 5.09. The number of nitrogens with one attached hydrogen (secondary N) is 1. The number of hydrogen-bond acceptors (Lipinski definition) is 1. The van der Waals surface area contributed by atoms with Gasteiger partial charge in [0.1, 0.15) is 0 Å². The highest BCUT2D eigenvalue weighted by molar-refractivity contribution is 5.87. The van der Waals surface area contributed by atoms with Crippen LogP contribution >= 0.6 is 0 Å². The van der Waals surface area contributed by atoms with E-state index in [9.17, 15) is 4.79 Å². The fourth-order valence-corrected chi connectivity index (χ4v) is 3.62. The molecule has 0 unspecified atom stereocenters. The molecule has 0 bridgehead atoms. The summed E-state index contributed by atoms with van der Waals surface area (Å²) in [5, 5.41) is 2.85. The molecule has 2 heteroatoms. The minimum absolute atomic E-state index is 0.0153. The molecule has 1 aliphatic carbocycles. The molecular weight excluding hydrogens is 282 g/mol. The van der Waals surface area contributed by atoms with E-state index in [1.807, 2.05) is 6.08 Å². The Balaban J connectivity index is 2.38. The highest BCUT2D eigenvalue weighted by Gasteiger charge is 2.47. The quantitative estimate of drug-likeness (QED) is 0.423. The second-order valence-corrected chi connectivity index (χ2v) is 7.79. The Hall–Kier alpha value is -1.31. The molecule has 2 nitrogen and oxygen atoms in total. The van der Waals surface area contributed by atoms with Crippen molar-refractivity contribution in [3.05, 3.63) is 36.5 Å². The monoisotopic (exact) mass is 317 g/mol. The van der Waals surface area contributed by atoms with E-state index in [0.29, 0.717) is 11.3 Å². The molecule has 0 radical (unpaired) electrons. The van der Waals surface area contributed by atoms with E-state index in [-0.39, 0.29) is 5.91 Å². The topological polar surface area (TPSA) is 29.1 Å². The molecule has 0 heterocycles. The summed E-state index contributed by atoms with van der Waals surface area (Å²) in [6, 6.07) is 0. The summed E-state index contributed by atoms with van der Waals surface area (Å²) in [7, 11) is 0. The van der Waals surface area contributed by atoms with Gasteiger partial charge in [-0.15, -0.1) is 6.58 Å². The Kier molecular flexibility index (Phi) is 7.81. The lowest BCUT2D eigenvalue weighted by Gasteiger charge is -2.53. The van der Waals surface area contributed by atoms with Crippen molar-refractivity contribution >= 4 is 5.91 Å². The Bertz CT molecular complexity index is 458. The number of carbonyl (C=O) groups is 1. The number of amides is 1. The minimum Gasteiger partial charge on any atom is -0.353 e. The van der Waals surface area contributed by atoms with Gasteiger partial charge in [-0.25, -0.2) is 0 Å². The van der Waals surface area contributed by atoms with Crippen LogP contribution in [0.2, 0.25) is 0 Å². The normalized spacial score (nSPS) is 22.6. The number of hydrogen-bond donors (Lipinski definition) is 1. The van der Waals surface area contributed by atoms with Gasteiger partial charge in [-0.1, -0.05) is 44.6 Å². The summed E-state index contributed by atoms with van der Waals surface area (Å²) < 4.78 is 0. The lowest BCUT2D eigenvalue weighted by Crippen LogP contribution is -2.44. The van der Waals surface area contributed by atoms with Crippen LogP contribution in [0.15, 0.2) is 36.5 Å². The van der Waals surface area contributed by atoms with Crippen LogP contribution in [0.1, 0.15) is 66.2 Å². The van der Waals surface area contributed by atoms with Crippen molar-refractivity contribution in [2.24, 2.45) is 17.3 Å². The van der Waals surface area contributed by atoms with Gasteiger partial charge in [0.2, 0.25) is 5.91 Å². The fourth-order valence-electron chi connectivity index (χ4n) is 3.62. The van der Waals surface area contributed by atoms with Crippen LogP contribution in [0.25, 0.3) is 0 Å². The minimum atomic E-state index is 0.0153. The Morgan fingerprint density at radius 3 is 2.57 bits per heavy atom. The second kappa shape index (κ2) is 9.10. The number of allylic oxidation sites excluding steroid dienone is 3. The maximum Gasteiger partial charge on any atom is 0.243 e. The van der Waals surface area contributed by atoms with Crippen molar-refractivity contribution in [2.75, 3.05) is 6.54 Å². The summed E-state index contributed by atoms with van der Waals surface area (Å²) in [6.07, 6.45) is 10.1. The fraction of sp³-hybridized carbons (Fsp3) is 0.667. The van der Waals surface area contributed by atoms with Crippen LogP contribution in [0.4, 0.5) is 0 Å². The zero-order valence-electron chi connectivity index (χ0n) is 15.6. The summed E-state index contributed by atoms with van der Waals surface area (Å²) in [5.41, 5.74) is 3.06. The molecule has 0 aromatic carbocycles. The van der Waals surface area contributed by atoms with Gasteiger partial charge in [0.15, 0.2) is 0 Å². The third kappa shape index (κ3) is 6.37. The van der Waals surface area contributed by atoms with E-state index < -0.39 is 0 Å². The average molecular weight is 318 g/mol. The average Bonchev–Trinajstić information content (AvgIpc) is 2.46. The van der Waals surface area contributed by atoms with Crippen molar-refractivity contribution in [2.45, 2.75) is 66.2 Å². The Labute approximate surface area is 143 Å². The molecule has 1 saturated carbocycles. The van der Waals surface area contributed by atoms with E-state index in [2.05, 4.69) is 46.2 Å². The SMILES string of the molecule is C=C(C)CC[C@@H]1[C@H](C(=C)CC/C=C/C(=O)NCCC)CC1(C)C. The first-order chi connectivity index (χ1) is 10.8. The summed E-state index contributed by atoms with van der Waals surface area (Å²) in [5.74, 6) is 1.39. The van der Waals surface area contributed by atoms with Crippen LogP contribution in [0.3, 0.4) is 0 Å². The van der Waals surface area contributed by atoms with Crippen LogP contribution in [-0.4, -0.2) is 12.5 Å². The van der Waals surface area contributed by atoms with E-state index >= 15 is 0 Å². The molecule has 23 heavy (non-hydrogen) atoms. The van der Waals surface area contributed by atoms with Gasteiger partial charge in [-0.05, 0) is 68.8 Å². The summed E-state index contributed by atoms with van der Waals surface area (Å²) in [6.45, 7) is 18.0. The van der Waals surface area contributed by atoms with Crippen molar-refractivity contribution < 1.29 is 4.79 Å². The molecule has 1 fully saturated rings. The van der Waals surface area contributed by atoms with E-state index in [4.69, 9.17) is 0 Å². The molecule has 0 aliphatic heterocycles. The van der Waals surface area contributed by atoms with Crippen LogP contribution in [-0.2, 0) is 4.79 Å².